The van der Waals surface area contributed by atoms with E-state index in [9.17, 15) is 13.2 Å². The molecule has 0 unspecified atom stereocenters. The summed E-state index contributed by atoms with van der Waals surface area (Å²) in [5.41, 5.74) is 4.87. The highest BCUT2D eigenvalue weighted by Gasteiger charge is 2.33. The van der Waals surface area contributed by atoms with E-state index in [1.54, 1.807) is 0 Å². The Labute approximate surface area is 174 Å². The van der Waals surface area contributed by atoms with E-state index in [2.05, 4.69) is 5.32 Å². The molecule has 156 valence electrons. The molecule has 0 spiro atoms. The summed E-state index contributed by atoms with van der Waals surface area (Å²) in [6.45, 7) is 8.94. The second-order valence-corrected chi connectivity index (χ2v) is 9.98. The van der Waals surface area contributed by atoms with Crippen LogP contribution in [0.15, 0.2) is 41.3 Å². The first-order valence-electron chi connectivity index (χ1n) is 10.1. The molecule has 6 heteroatoms. The standard InChI is InChI=1S/C23H30N2O3S/c1-16-5-7-20(8-6-16)15-24-23(26)21-9-11-25(12-10-21)29(27,28)22-18(3)13-17(2)14-19(22)4/h5-8,13-14,21H,9-12,15H2,1-4H3,(H,24,26). The molecule has 1 aliphatic rings. The Bertz CT molecular complexity index is 966. The monoisotopic (exact) mass is 414 g/mol. The molecular formula is C23H30N2O3S. The third kappa shape index (κ3) is 4.87. The molecule has 29 heavy (non-hydrogen) atoms. The van der Waals surface area contributed by atoms with Crippen molar-refractivity contribution >= 4 is 15.9 Å². The Hall–Kier alpha value is -2.18. The maximum absolute atomic E-state index is 13.2. The van der Waals surface area contributed by atoms with Gasteiger partial charge in [-0.25, -0.2) is 8.42 Å². The molecule has 0 atom stereocenters. The van der Waals surface area contributed by atoms with Gasteiger partial charge in [-0.15, -0.1) is 0 Å². The first kappa shape index (κ1) is 21.5. The van der Waals surface area contributed by atoms with Crippen molar-refractivity contribution in [3.8, 4) is 0 Å². The van der Waals surface area contributed by atoms with E-state index >= 15 is 0 Å². The van der Waals surface area contributed by atoms with Crippen molar-refractivity contribution in [3.63, 3.8) is 0 Å². The normalized spacial score (nSPS) is 16.0. The van der Waals surface area contributed by atoms with Gasteiger partial charge in [-0.1, -0.05) is 47.5 Å². The minimum Gasteiger partial charge on any atom is -0.352 e. The molecule has 0 aromatic heterocycles. The Kier molecular flexibility index (Phi) is 6.44. The third-order valence-corrected chi connectivity index (χ3v) is 7.82. The summed E-state index contributed by atoms with van der Waals surface area (Å²) in [5, 5.41) is 2.99. The van der Waals surface area contributed by atoms with Crippen LogP contribution in [0.3, 0.4) is 0 Å². The summed E-state index contributed by atoms with van der Waals surface area (Å²) in [7, 11) is -3.55. The van der Waals surface area contributed by atoms with Gasteiger partial charge >= 0.3 is 0 Å². The highest BCUT2D eigenvalue weighted by atomic mass is 32.2. The smallest absolute Gasteiger partial charge is 0.243 e. The molecular weight excluding hydrogens is 384 g/mol. The van der Waals surface area contributed by atoms with Crippen LogP contribution in [-0.4, -0.2) is 31.7 Å². The SMILES string of the molecule is Cc1ccc(CNC(=O)C2CCN(S(=O)(=O)c3c(C)cc(C)cc3C)CC2)cc1. The van der Waals surface area contributed by atoms with Crippen molar-refractivity contribution < 1.29 is 13.2 Å². The van der Waals surface area contributed by atoms with Crippen molar-refractivity contribution in [2.24, 2.45) is 5.92 Å². The van der Waals surface area contributed by atoms with Crippen molar-refractivity contribution in [1.82, 2.24) is 9.62 Å². The highest BCUT2D eigenvalue weighted by molar-refractivity contribution is 7.89. The van der Waals surface area contributed by atoms with E-state index in [1.807, 2.05) is 64.1 Å². The van der Waals surface area contributed by atoms with Crippen molar-refractivity contribution in [1.29, 1.82) is 0 Å². The zero-order valence-corrected chi connectivity index (χ0v) is 18.5. The second-order valence-electron chi connectivity index (χ2n) is 8.11. The average Bonchev–Trinajstić information content (AvgIpc) is 2.66. The van der Waals surface area contributed by atoms with E-state index in [0.29, 0.717) is 37.4 Å². The summed E-state index contributed by atoms with van der Waals surface area (Å²) < 4.78 is 27.9. The van der Waals surface area contributed by atoms with Crippen LogP contribution in [0.4, 0.5) is 0 Å². The molecule has 1 aliphatic heterocycles. The van der Waals surface area contributed by atoms with Crippen LogP contribution in [0.2, 0.25) is 0 Å². The van der Waals surface area contributed by atoms with Gasteiger partial charge in [-0.2, -0.15) is 4.31 Å². The number of hydrogen-bond acceptors (Lipinski definition) is 3. The van der Waals surface area contributed by atoms with E-state index in [0.717, 1.165) is 22.3 Å². The fraction of sp³-hybridized carbons (Fsp3) is 0.435. The van der Waals surface area contributed by atoms with Gasteiger partial charge in [0, 0.05) is 25.6 Å². The van der Waals surface area contributed by atoms with Crippen LogP contribution in [-0.2, 0) is 21.4 Å². The molecule has 1 heterocycles. The number of amides is 1. The first-order valence-corrected chi connectivity index (χ1v) is 11.5. The minimum atomic E-state index is -3.55. The number of nitrogens with zero attached hydrogens (tertiary/aromatic N) is 1. The van der Waals surface area contributed by atoms with Gasteiger partial charge in [0.2, 0.25) is 15.9 Å². The van der Waals surface area contributed by atoms with Crippen molar-refractivity contribution in [2.75, 3.05) is 13.1 Å². The van der Waals surface area contributed by atoms with Crippen LogP contribution in [0.1, 0.15) is 40.7 Å². The predicted molar refractivity (Wildman–Crippen MR) is 115 cm³/mol. The molecule has 5 nitrogen and oxygen atoms in total. The van der Waals surface area contributed by atoms with Crippen LogP contribution in [0, 0.1) is 33.6 Å². The van der Waals surface area contributed by atoms with Gasteiger partial charge in [0.25, 0.3) is 0 Å². The zero-order valence-electron chi connectivity index (χ0n) is 17.7. The zero-order chi connectivity index (χ0) is 21.2. The lowest BCUT2D eigenvalue weighted by Crippen LogP contribution is -2.43. The molecule has 3 rings (SSSR count). The average molecular weight is 415 g/mol. The third-order valence-electron chi connectivity index (χ3n) is 5.61. The number of aryl methyl sites for hydroxylation is 4. The van der Waals surface area contributed by atoms with Crippen LogP contribution >= 0.6 is 0 Å². The Morgan fingerprint density at radius 1 is 0.966 bits per heavy atom. The van der Waals surface area contributed by atoms with Crippen LogP contribution < -0.4 is 5.32 Å². The number of piperidine rings is 1. The number of rotatable bonds is 5. The fourth-order valence-corrected chi connectivity index (χ4v) is 5.98. The molecule has 0 bridgehead atoms. The number of carbonyl (C=O) groups excluding carboxylic acids is 1. The van der Waals surface area contributed by atoms with Gasteiger partial charge < -0.3 is 5.32 Å². The predicted octanol–water partition coefficient (Wildman–Crippen LogP) is 3.64. The molecule has 1 amide bonds. The lowest BCUT2D eigenvalue weighted by Gasteiger charge is -2.31. The molecule has 1 saturated heterocycles. The van der Waals surface area contributed by atoms with Crippen LogP contribution in [0.25, 0.3) is 0 Å². The maximum atomic E-state index is 13.2. The van der Waals surface area contributed by atoms with E-state index < -0.39 is 10.0 Å². The Morgan fingerprint density at radius 2 is 1.52 bits per heavy atom. The lowest BCUT2D eigenvalue weighted by molar-refractivity contribution is -0.126. The second kappa shape index (κ2) is 8.67. The van der Waals surface area contributed by atoms with Gasteiger partial charge in [0.1, 0.15) is 0 Å². The summed E-state index contributed by atoms with van der Waals surface area (Å²) in [4.78, 5) is 12.9. The quantitative estimate of drug-likeness (QED) is 0.812. The van der Waals surface area contributed by atoms with Crippen molar-refractivity contribution in [2.45, 2.75) is 52.0 Å². The topological polar surface area (TPSA) is 66.5 Å². The lowest BCUT2D eigenvalue weighted by atomic mass is 9.97. The maximum Gasteiger partial charge on any atom is 0.243 e. The number of sulfonamides is 1. The molecule has 2 aromatic carbocycles. The summed E-state index contributed by atoms with van der Waals surface area (Å²) >= 11 is 0. The molecule has 1 N–H and O–H groups in total. The number of benzene rings is 2. The van der Waals surface area contributed by atoms with Crippen LogP contribution in [0.5, 0.6) is 0 Å². The molecule has 1 fully saturated rings. The van der Waals surface area contributed by atoms with Crippen molar-refractivity contribution in [3.05, 3.63) is 64.2 Å². The van der Waals surface area contributed by atoms with Gasteiger partial charge in [-0.05, 0) is 57.2 Å². The fourth-order valence-electron chi connectivity index (χ4n) is 4.10. The van der Waals surface area contributed by atoms with E-state index in [4.69, 9.17) is 0 Å². The molecule has 2 aromatic rings. The van der Waals surface area contributed by atoms with Gasteiger partial charge in [0.05, 0.1) is 4.90 Å². The number of hydrogen-bond donors (Lipinski definition) is 1. The highest BCUT2D eigenvalue weighted by Crippen LogP contribution is 2.28. The van der Waals surface area contributed by atoms with Gasteiger partial charge in [-0.3, -0.25) is 4.79 Å². The van der Waals surface area contributed by atoms with E-state index in [1.165, 1.54) is 9.87 Å². The van der Waals surface area contributed by atoms with E-state index in [-0.39, 0.29) is 11.8 Å². The van der Waals surface area contributed by atoms with Gasteiger partial charge in [0.15, 0.2) is 0 Å². The largest absolute Gasteiger partial charge is 0.352 e. The number of nitrogens with one attached hydrogen (secondary N) is 1. The molecule has 0 aliphatic carbocycles. The Balaban J connectivity index is 1.61. The molecule has 0 radical (unpaired) electrons. The summed E-state index contributed by atoms with van der Waals surface area (Å²) in [6, 6.07) is 11.9. The first-order chi connectivity index (χ1) is 13.7. The number of carbonyl (C=O) groups is 1. The summed E-state index contributed by atoms with van der Waals surface area (Å²) in [5.74, 6) is -0.141. The molecule has 0 saturated carbocycles. The Morgan fingerprint density at radius 3 is 2.07 bits per heavy atom. The minimum absolute atomic E-state index is 0.00493. The summed E-state index contributed by atoms with van der Waals surface area (Å²) in [6.07, 6.45) is 1.09.